The van der Waals surface area contributed by atoms with E-state index in [0.717, 1.165) is 44.4 Å². The number of piperazine rings is 1. The van der Waals surface area contributed by atoms with Gasteiger partial charge in [-0.25, -0.2) is 4.79 Å². The van der Waals surface area contributed by atoms with Crippen LogP contribution in [0.2, 0.25) is 0 Å². The lowest BCUT2D eigenvalue weighted by molar-refractivity contribution is -0.157. The predicted octanol–water partition coefficient (Wildman–Crippen LogP) is 4.14. The summed E-state index contributed by atoms with van der Waals surface area (Å²) in [5.74, 6) is 0.992. The molecule has 1 aromatic heterocycles. The Hall–Kier alpha value is -4.98. The van der Waals surface area contributed by atoms with Gasteiger partial charge in [0.2, 0.25) is 6.79 Å². The normalized spacial score (nSPS) is 35.5. The summed E-state index contributed by atoms with van der Waals surface area (Å²) >= 11 is 1.55. The number of hydrogen-bond acceptors (Lipinski definition) is 14. The number of aromatic hydroxyl groups is 1. The first-order valence-electron chi connectivity index (χ1n) is 19.9. The first-order valence-corrected chi connectivity index (χ1v) is 20.9. The average molecular weight is 803 g/mol. The Morgan fingerprint density at radius 1 is 1.14 bits per heavy atom. The maximum Gasteiger partial charge on any atom is 0.333 e. The summed E-state index contributed by atoms with van der Waals surface area (Å²) in [6.45, 7) is 7.49. The van der Waals surface area contributed by atoms with Gasteiger partial charge in [0.15, 0.2) is 28.5 Å². The first kappa shape index (κ1) is 35.0. The Bertz CT molecular complexity index is 2640. The Balaban J connectivity index is 1.14. The van der Waals surface area contributed by atoms with Crippen LogP contribution in [0.1, 0.15) is 75.8 Å². The van der Waals surface area contributed by atoms with E-state index in [0.29, 0.717) is 47.1 Å². The number of nitrogens with zero attached hydrogens (tertiary/aromatic N) is 3. The summed E-state index contributed by atoms with van der Waals surface area (Å²) in [5.41, 5.74) is 10.9. The van der Waals surface area contributed by atoms with E-state index >= 15 is 4.79 Å². The molecule has 0 amide bonds. The second kappa shape index (κ2) is 11.2. The van der Waals surface area contributed by atoms with Crippen molar-refractivity contribution >= 4 is 34.6 Å². The number of aromatic nitrogens is 1. The molecule has 3 saturated heterocycles. The molecule has 13 rings (SSSR count). The predicted molar refractivity (Wildman–Crippen MR) is 210 cm³/mol. The summed E-state index contributed by atoms with van der Waals surface area (Å²) in [7, 11) is 1.57. The summed E-state index contributed by atoms with van der Waals surface area (Å²) in [4.78, 5) is 36.6. The van der Waals surface area contributed by atoms with Crippen LogP contribution in [0.25, 0.3) is 10.9 Å². The van der Waals surface area contributed by atoms with Crippen LogP contribution in [0.3, 0.4) is 0 Å². The van der Waals surface area contributed by atoms with Gasteiger partial charge in [-0.1, -0.05) is 18.2 Å². The van der Waals surface area contributed by atoms with E-state index in [-0.39, 0.29) is 42.9 Å². The second-order valence-electron chi connectivity index (χ2n) is 17.3. The lowest BCUT2D eigenvalue weighted by atomic mass is 9.76. The number of aryl methyl sites for hydroxylation is 1. The van der Waals surface area contributed by atoms with E-state index in [4.69, 9.17) is 29.4 Å². The Morgan fingerprint density at radius 3 is 2.69 bits per heavy atom. The highest BCUT2D eigenvalue weighted by molar-refractivity contribution is 7.99. The standard InChI is InChI=1S/C43H42N6O8S/c1-17-10-23-26(31(51)32(17)53-5)29-30-36-28-27(35-34(55-16-56-35)18(2)33(28)57-19(3)50)25(48(30)43(14-45)37-39(43)49(29)41(23,37)4)13-54-40(52)42(15-58-36)38-22(11-20(12-44)47-42)21-8-6-7-9-24(21)46-38/h6-10,20,25,29-30,36-37,39,46-47,51H,11-13,15-16,44H2,1-5H3/t20-,25-,29+,30+,36+,37?,39-,41?,42+,43+/m0/s1. The van der Waals surface area contributed by atoms with Crippen LogP contribution in [0.15, 0.2) is 30.3 Å². The van der Waals surface area contributed by atoms with E-state index < -0.39 is 51.9 Å². The number of phenolic OH excluding ortho intramolecular Hbond substituents is 1. The molecule has 4 fully saturated rings. The quantitative estimate of drug-likeness (QED) is 0.171. The fourth-order valence-corrected chi connectivity index (χ4v) is 14.5. The van der Waals surface area contributed by atoms with Gasteiger partial charge in [-0.2, -0.15) is 5.26 Å². The fourth-order valence-electron chi connectivity index (χ4n) is 12.8. The molecule has 9 heterocycles. The average Bonchev–Trinajstić information content (AvgIpc) is 3.45. The van der Waals surface area contributed by atoms with Gasteiger partial charge in [0, 0.05) is 70.4 Å². The number of thioether (sulfide) groups is 1. The van der Waals surface area contributed by atoms with Crippen molar-refractivity contribution in [1.82, 2.24) is 20.1 Å². The maximum absolute atomic E-state index is 15.1. The van der Waals surface area contributed by atoms with Crippen LogP contribution < -0.4 is 30.0 Å². The topological polar surface area (TPSA) is 185 Å². The lowest BCUT2D eigenvalue weighted by Gasteiger charge is -2.57. The van der Waals surface area contributed by atoms with Gasteiger partial charge >= 0.3 is 11.9 Å². The highest BCUT2D eigenvalue weighted by Crippen LogP contribution is 2.84. The zero-order valence-electron chi connectivity index (χ0n) is 32.6. The van der Waals surface area contributed by atoms with E-state index in [9.17, 15) is 15.2 Å². The van der Waals surface area contributed by atoms with Crippen molar-refractivity contribution in [2.24, 2.45) is 11.7 Å². The Kier molecular flexibility index (Phi) is 6.75. The number of nitrogens with one attached hydrogen (secondary N) is 2. The van der Waals surface area contributed by atoms with Crippen molar-refractivity contribution < 1.29 is 38.4 Å². The van der Waals surface area contributed by atoms with Gasteiger partial charge in [-0.15, -0.1) is 11.8 Å². The van der Waals surface area contributed by atoms with Gasteiger partial charge in [0.05, 0.1) is 47.8 Å². The Labute approximate surface area is 337 Å². The number of hydrogen-bond donors (Lipinski definition) is 4. The SMILES string of the molecule is COc1c(C)cc2c(c1O)[C@@H]1[C@@H]3[C@@H]4SC[C@]5(N[C@H](CN)Cc6c5[nH]c5ccccc65)C(=O)OC[C@@H](c5c6c(c(C)c(OC(C)=O)c54)OCO6)N3[C@]3(C#N)C4[C@@H]3N1C24C. The number of H-pyrrole nitrogens is 1. The molecule has 8 aliphatic heterocycles. The van der Waals surface area contributed by atoms with Gasteiger partial charge in [-0.3, -0.25) is 19.9 Å². The zero-order chi connectivity index (χ0) is 39.9. The molecule has 14 nitrogen and oxygen atoms in total. The molecule has 298 valence electrons. The minimum absolute atomic E-state index is 0.0416. The number of carbonyl (C=O) groups excluding carboxylic acids is 2. The van der Waals surface area contributed by atoms with Crippen LogP contribution in [0.4, 0.5) is 0 Å². The number of para-hydroxylation sites is 1. The largest absolute Gasteiger partial charge is 0.504 e. The first-order chi connectivity index (χ1) is 28.0. The molecular weight excluding hydrogens is 761 g/mol. The number of phenols is 1. The maximum atomic E-state index is 15.1. The third kappa shape index (κ3) is 3.73. The third-order valence-corrected chi connectivity index (χ3v) is 16.3. The molecule has 3 aromatic carbocycles. The monoisotopic (exact) mass is 802 g/mol. The highest BCUT2D eigenvalue weighted by atomic mass is 32.2. The van der Waals surface area contributed by atoms with Crippen LogP contribution >= 0.6 is 11.8 Å². The van der Waals surface area contributed by atoms with Gasteiger partial charge < -0.3 is 39.5 Å². The minimum atomic E-state index is -1.34. The summed E-state index contributed by atoms with van der Waals surface area (Å²) in [6, 6.07) is 11.0. The molecule has 58 heavy (non-hydrogen) atoms. The van der Waals surface area contributed by atoms with Crippen LogP contribution in [0, 0.1) is 31.1 Å². The van der Waals surface area contributed by atoms with Crippen molar-refractivity contribution in [1.29, 1.82) is 5.26 Å². The minimum Gasteiger partial charge on any atom is -0.504 e. The number of ether oxygens (including phenoxy) is 5. The third-order valence-electron chi connectivity index (χ3n) is 14.9. The summed E-state index contributed by atoms with van der Waals surface area (Å²) in [6.07, 6.45) is 0.625. The van der Waals surface area contributed by atoms with Crippen molar-refractivity contribution in [2.45, 2.75) is 86.2 Å². The van der Waals surface area contributed by atoms with E-state index in [1.165, 1.54) is 6.92 Å². The van der Waals surface area contributed by atoms with Crippen LogP contribution in [-0.2, 0) is 31.8 Å². The fraction of sp³-hybridized carbons (Fsp3) is 0.465. The number of rotatable bonds is 3. The van der Waals surface area contributed by atoms with Crippen LogP contribution in [-0.4, -0.2) is 88.3 Å². The molecule has 10 atom stereocenters. The van der Waals surface area contributed by atoms with Crippen LogP contribution in [0.5, 0.6) is 28.7 Å². The Morgan fingerprint density at radius 2 is 1.93 bits per heavy atom. The summed E-state index contributed by atoms with van der Waals surface area (Å²) < 4.78 is 31.1. The smallest absolute Gasteiger partial charge is 0.333 e. The molecule has 1 aliphatic carbocycles. The molecule has 1 spiro atoms. The molecule has 2 bridgehead atoms. The molecule has 15 heteroatoms. The number of fused-ring (bicyclic) bond motifs is 12. The number of esters is 2. The van der Waals surface area contributed by atoms with Crippen molar-refractivity contribution in [3.63, 3.8) is 0 Å². The molecule has 1 saturated carbocycles. The van der Waals surface area contributed by atoms with Crippen molar-refractivity contribution in [3.8, 4) is 34.8 Å². The number of nitrogens with two attached hydrogens (primary N) is 1. The molecule has 2 unspecified atom stereocenters. The van der Waals surface area contributed by atoms with Gasteiger partial charge in [-0.05, 0) is 56.0 Å². The molecular formula is C43H42N6O8S. The van der Waals surface area contributed by atoms with Crippen molar-refractivity contribution in [3.05, 3.63) is 75.0 Å². The number of nitriles is 1. The highest BCUT2D eigenvalue weighted by Gasteiger charge is 2.93. The zero-order valence-corrected chi connectivity index (χ0v) is 33.4. The van der Waals surface area contributed by atoms with Gasteiger partial charge in [0.1, 0.15) is 17.9 Å². The van der Waals surface area contributed by atoms with E-state index in [1.807, 2.05) is 32.0 Å². The molecule has 9 aliphatic rings. The van der Waals surface area contributed by atoms with Crippen molar-refractivity contribution in [2.75, 3.05) is 32.8 Å². The molecule has 4 aromatic rings. The number of carbonyl (C=O) groups is 2. The number of methoxy groups -OCH3 is 1. The van der Waals surface area contributed by atoms with E-state index in [2.05, 4.69) is 45.2 Å². The van der Waals surface area contributed by atoms with E-state index in [1.54, 1.807) is 18.9 Å². The molecule has 5 N–H and O–H groups in total. The molecule has 0 radical (unpaired) electrons. The summed E-state index contributed by atoms with van der Waals surface area (Å²) in [5, 5.41) is 28.0. The number of aromatic amines is 1. The number of benzene rings is 3. The lowest BCUT2D eigenvalue weighted by Crippen LogP contribution is -2.66. The second-order valence-corrected chi connectivity index (χ2v) is 18.4. The van der Waals surface area contributed by atoms with Gasteiger partial charge in [0.25, 0.3) is 0 Å².